The summed E-state index contributed by atoms with van der Waals surface area (Å²) in [5.74, 6) is -0.570. The molecule has 0 aliphatic carbocycles. The van der Waals surface area contributed by atoms with Gasteiger partial charge in [-0.2, -0.15) is 0 Å². The first-order chi connectivity index (χ1) is 14.3. The molecule has 0 aliphatic heterocycles. The van der Waals surface area contributed by atoms with E-state index in [1.807, 2.05) is 6.92 Å². The summed E-state index contributed by atoms with van der Waals surface area (Å²) < 4.78 is 31.8. The molecule has 1 atom stereocenters. The molecule has 3 rings (SSSR count). The van der Waals surface area contributed by atoms with Crippen molar-refractivity contribution in [1.29, 1.82) is 0 Å². The molecule has 0 fully saturated rings. The molecule has 0 radical (unpaired) electrons. The quantitative estimate of drug-likeness (QED) is 0.506. The topological polar surface area (TPSA) is 77.5 Å². The van der Waals surface area contributed by atoms with Crippen LogP contribution >= 0.6 is 0 Å². The lowest BCUT2D eigenvalue weighted by Gasteiger charge is -2.17. The number of carbonyl (C=O) groups excluding carboxylic acids is 2. The van der Waals surface area contributed by atoms with Gasteiger partial charge in [-0.1, -0.05) is 60.2 Å². The molecule has 0 amide bonds. The van der Waals surface area contributed by atoms with Gasteiger partial charge >= 0.3 is 0 Å². The second-order valence-corrected chi connectivity index (χ2v) is 9.07. The van der Waals surface area contributed by atoms with Crippen molar-refractivity contribution in [2.45, 2.75) is 23.5 Å². The summed E-state index contributed by atoms with van der Waals surface area (Å²) in [4.78, 5) is 26.1. The lowest BCUT2D eigenvalue weighted by molar-refractivity contribution is 0.0920. The lowest BCUT2D eigenvalue weighted by atomic mass is 10.0. The number of aryl methyl sites for hydroxylation is 1. The third-order valence-corrected chi connectivity index (χ3v) is 6.90. The SMILES string of the molecule is COc1cccc(C(=O)C[C@@H](C(=O)c2ccccc2)S(=O)(=O)c2ccc(C)cc2)c1. The van der Waals surface area contributed by atoms with E-state index in [2.05, 4.69) is 0 Å². The minimum atomic E-state index is -4.09. The number of carbonyl (C=O) groups is 2. The second kappa shape index (κ2) is 9.05. The maximum atomic E-state index is 13.4. The van der Waals surface area contributed by atoms with Crippen LogP contribution in [0, 0.1) is 6.92 Å². The van der Waals surface area contributed by atoms with Gasteiger partial charge in [0, 0.05) is 17.5 Å². The van der Waals surface area contributed by atoms with Gasteiger partial charge in [-0.25, -0.2) is 8.42 Å². The maximum absolute atomic E-state index is 13.4. The van der Waals surface area contributed by atoms with Crippen LogP contribution in [0.15, 0.2) is 83.8 Å². The van der Waals surface area contributed by atoms with E-state index in [4.69, 9.17) is 4.74 Å². The molecule has 3 aromatic rings. The molecule has 30 heavy (non-hydrogen) atoms. The fraction of sp³-hybridized carbons (Fsp3) is 0.167. The van der Waals surface area contributed by atoms with E-state index in [0.717, 1.165) is 5.56 Å². The van der Waals surface area contributed by atoms with E-state index in [9.17, 15) is 18.0 Å². The summed E-state index contributed by atoms with van der Waals surface area (Å²) in [6, 6.07) is 20.9. The monoisotopic (exact) mass is 422 g/mol. The highest BCUT2D eigenvalue weighted by Crippen LogP contribution is 2.25. The minimum Gasteiger partial charge on any atom is -0.497 e. The molecule has 0 N–H and O–H groups in total. The van der Waals surface area contributed by atoms with Crippen molar-refractivity contribution in [3.8, 4) is 5.75 Å². The summed E-state index contributed by atoms with van der Waals surface area (Å²) in [6.45, 7) is 1.84. The first kappa shape index (κ1) is 21.5. The zero-order valence-corrected chi connectivity index (χ0v) is 17.6. The van der Waals surface area contributed by atoms with Crippen LogP contribution in [0.2, 0.25) is 0 Å². The minimum absolute atomic E-state index is 0.0147. The van der Waals surface area contributed by atoms with E-state index in [-0.39, 0.29) is 10.5 Å². The number of methoxy groups -OCH3 is 1. The predicted molar refractivity (Wildman–Crippen MR) is 115 cm³/mol. The fourth-order valence-corrected chi connectivity index (χ4v) is 4.74. The molecule has 0 aliphatic rings. The molecule has 0 spiro atoms. The van der Waals surface area contributed by atoms with Gasteiger partial charge in [-0.3, -0.25) is 9.59 Å². The van der Waals surface area contributed by atoms with Gasteiger partial charge in [0.2, 0.25) is 0 Å². The Hall–Kier alpha value is -3.25. The van der Waals surface area contributed by atoms with Crippen LogP contribution in [0.5, 0.6) is 5.75 Å². The van der Waals surface area contributed by atoms with Crippen molar-refractivity contribution in [3.05, 3.63) is 95.6 Å². The zero-order chi connectivity index (χ0) is 21.7. The second-order valence-electron chi connectivity index (χ2n) is 6.94. The average Bonchev–Trinajstić information content (AvgIpc) is 2.77. The average molecular weight is 423 g/mol. The van der Waals surface area contributed by atoms with Crippen molar-refractivity contribution >= 4 is 21.4 Å². The van der Waals surface area contributed by atoms with E-state index < -0.39 is 33.1 Å². The Morgan fingerprint density at radius 2 is 1.50 bits per heavy atom. The third kappa shape index (κ3) is 4.66. The van der Waals surface area contributed by atoms with Crippen LogP contribution in [0.1, 0.15) is 32.7 Å². The Bertz CT molecular complexity index is 1150. The maximum Gasteiger partial charge on any atom is 0.189 e. The molecule has 0 aromatic heterocycles. The summed E-state index contributed by atoms with van der Waals surface area (Å²) in [5.41, 5.74) is 1.43. The molecule has 154 valence electrons. The normalized spacial score (nSPS) is 12.2. The third-order valence-electron chi connectivity index (χ3n) is 4.84. The van der Waals surface area contributed by atoms with Gasteiger partial charge < -0.3 is 4.74 Å². The van der Waals surface area contributed by atoms with Gasteiger partial charge in [-0.15, -0.1) is 0 Å². The first-order valence-electron chi connectivity index (χ1n) is 9.40. The van der Waals surface area contributed by atoms with Crippen LogP contribution in [0.25, 0.3) is 0 Å². The van der Waals surface area contributed by atoms with E-state index in [1.54, 1.807) is 60.7 Å². The van der Waals surface area contributed by atoms with Crippen molar-refractivity contribution in [1.82, 2.24) is 0 Å². The fourth-order valence-electron chi connectivity index (χ4n) is 3.11. The first-order valence-corrected chi connectivity index (χ1v) is 10.9. The van der Waals surface area contributed by atoms with Gasteiger partial charge in [-0.05, 0) is 31.2 Å². The van der Waals surface area contributed by atoms with E-state index in [0.29, 0.717) is 11.3 Å². The largest absolute Gasteiger partial charge is 0.497 e. The zero-order valence-electron chi connectivity index (χ0n) is 16.7. The van der Waals surface area contributed by atoms with E-state index >= 15 is 0 Å². The highest BCUT2D eigenvalue weighted by Gasteiger charge is 2.36. The molecular weight excluding hydrogens is 400 g/mol. The standard InChI is InChI=1S/C24H22O5S/c1-17-11-13-21(14-12-17)30(27,28)23(24(26)18-7-4-3-5-8-18)16-22(25)19-9-6-10-20(15-19)29-2/h3-15,23H,16H2,1-2H3/t23-/m0/s1. The molecule has 6 heteroatoms. The Morgan fingerprint density at radius 1 is 0.867 bits per heavy atom. The van der Waals surface area contributed by atoms with Crippen molar-refractivity contribution in [2.75, 3.05) is 7.11 Å². The summed E-state index contributed by atoms with van der Waals surface area (Å²) in [6.07, 6.45) is -0.461. The number of ketones is 2. The molecule has 0 heterocycles. The predicted octanol–water partition coefficient (Wildman–Crippen LogP) is 4.30. The number of benzene rings is 3. The van der Waals surface area contributed by atoms with Crippen molar-refractivity contribution in [2.24, 2.45) is 0 Å². The van der Waals surface area contributed by atoms with Crippen LogP contribution < -0.4 is 4.74 Å². The Kier molecular flexibility index (Phi) is 6.47. The van der Waals surface area contributed by atoms with Gasteiger partial charge in [0.15, 0.2) is 21.4 Å². The number of Topliss-reactive ketones (excluding diaryl/α,β-unsaturated/α-hetero) is 2. The number of hydrogen-bond donors (Lipinski definition) is 0. The van der Waals surface area contributed by atoms with Gasteiger partial charge in [0.05, 0.1) is 12.0 Å². The van der Waals surface area contributed by atoms with Gasteiger partial charge in [0.1, 0.15) is 11.0 Å². The summed E-state index contributed by atoms with van der Waals surface area (Å²) in [5, 5.41) is -1.53. The smallest absolute Gasteiger partial charge is 0.189 e. The van der Waals surface area contributed by atoms with Crippen molar-refractivity contribution < 1.29 is 22.7 Å². The number of sulfone groups is 1. The van der Waals surface area contributed by atoms with Crippen LogP contribution in [-0.4, -0.2) is 32.3 Å². The van der Waals surface area contributed by atoms with Crippen molar-refractivity contribution in [3.63, 3.8) is 0 Å². The van der Waals surface area contributed by atoms with Crippen LogP contribution in [-0.2, 0) is 9.84 Å². The highest BCUT2D eigenvalue weighted by atomic mass is 32.2. The summed E-state index contributed by atoms with van der Waals surface area (Å²) >= 11 is 0. The Balaban J connectivity index is 2.02. The van der Waals surface area contributed by atoms with Crippen LogP contribution in [0.3, 0.4) is 0 Å². The molecule has 0 saturated heterocycles. The number of hydrogen-bond acceptors (Lipinski definition) is 5. The highest BCUT2D eigenvalue weighted by molar-refractivity contribution is 7.92. The molecule has 3 aromatic carbocycles. The van der Waals surface area contributed by atoms with Crippen LogP contribution in [0.4, 0.5) is 0 Å². The van der Waals surface area contributed by atoms with Gasteiger partial charge in [0.25, 0.3) is 0 Å². The molecular formula is C24H22O5S. The molecule has 0 saturated carbocycles. The molecule has 5 nitrogen and oxygen atoms in total. The Morgan fingerprint density at radius 3 is 2.13 bits per heavy atom. The van der Waals surface area contributed by atoms with E-state index in [1.165, 1.54) is 25.3 Å². The molecule has 0 unspecified atom stereocenters. The summed E-state index contributed by atoms with van der Waals surface area (Å²) in [7, 11) is -2.61. The number of ether oxygens (including phenoxy) is 1. The Labute approximate surface area is 176 Å². The lowest BCUT2D eigenvalue weighted by Crippen LogP contribution is -2.33. The molecule has 0 bridgehead atoms. The number of rotatable bonds is 8.